The summed E-state index contributed by atoms with van der Waals surface area (Å²) in [5.41, 5.74) is 8.26. The second-order valence-corrected chi connectivity index (χ2v) is 12.6. The maximum absolute atomic E-state index is 13.9. The van der Waals surface area contributed by atoms with Gasteiger partial charge in [-0.3, -0.25) is 4.79 Å². The van der Waals surface area contributed by atoms with Crippen molar-refractivity contribution < 1.29 is 9.53 Å². The first-order chi connectivity index (χ1) is 19.2. The van der Waals surface area contributed by atoms with Crippen molar-refractivity contribution in [3.8, 4) is 11.3 Å². The number of aryl methyl sites for hydroxylation is 2. The summed E-state index contributed by atoms with van der Waals surface area (Å²) in [6.45, 7) is 11.8. The molecule has 2 aromatic carbocycles. The van der Waals surface area contributed by atoms with Gasteiger partial charge in [-0.25, -0.2) is 4.98 Å². The maximum Gasteiger partial charge on any atom is 0.233 e. The van der Waals surface area contributed by atoms with E-state index in [0.717, 1.165) is 53.5 Å². The standard InChI is InChI=1S/C35H41N3O2/c1-22-15-23(2)17-26(16-22)32-31(24(3)20-40-21-25-9-7-6-8-10-25)30-18-27(19-36-33(30)37-32)35(4,5)34(39)38-28-11-12-29(38)14-13-28/h6-10,15-19,24,28-29H,11-14,20-21H2,1-5H3,(H,36,37)/t24-,28?,29?/m1/s1. The van der Waals surface area contributed by atoms with Gasteiger partial charge in [-0.1, -0.05) is 54.4 Å². The highest BCUT2D eigenvalue weighted by Crippen LogP contribution is 2.42. The SMILES string of the molecule is Cc1cc(C)cc(-c2[nH]c3ncc(C(C)(C)C(=O)N4C5CCC4CC5)cc3c2[C@H](C)COCc2ccccc2)c1. The Labute approximate surface area is 238 Å². The van der Waals surface area contributed by atoms with Gasteiger partial charge in [-0.05, 0) is 93.8 Å². The zero-order valence-electron chi connectivity index (χ0n) is 24.5. The molecule has 208 valence electrons. The molecule has 4 aromatic rings. The Kier molecular flexibility index (Phi) is 7.03. The zero-order valence-corrected chi connectivity index (χ0v) is 24.5. The Morgan fingerprint density at radius 1 is 1.02 bits per heavy atom. The van der Waals surface area contributed by atoms with Gasteiger partial charge in [0.1, 0.15) is 5.65 Å². The van der Waals surface area contributed by atoms with Crippen molar-refractivity contribution in [3.05, 3.63) is 88.6 Å². The average molecular weight is 536 g/mol. The van der Waals surface area contributed by atoms with Crippen molar-refractivity contribution in [2.75, 3.05) is 6.61 Å². The summed E-state index contributed by atoms with van der Waals surface area (Å²) in [5.74, 6) is 0.364. The molecule has 5 heteroatoms. The van der Waals surface area contributed by atoms with Crippen molar-refractivity contribution in [1.82, 2.24) is 14.9 Å². The van der Waals surface area contributed by atoms with E-state index in [0.29, 0.717) is 25.3 Å². The van der Waals surface area contributed by atoms with E-state index in [1.54, 1.807) is 0 Å². The lowest BCUT2D eigenvalue weighted by Gasteiger charge is -2.32. The van der Waals surface area contributed by atoms with E-state index >= 15 is 0 Å². The number of hydrogen-bond acceptors (Lipinski definition) is 3. The number of amides is 1. The smallest absolute Gasteiger partial charge is 0.233 e. The van der Waals surface area contributed by atoms with Gasteiger partial charge in [-0.2, -0.15) is 0 Å². The quantitative estimate of drug-likeness (QED) is 0.253. The van der Waals surface area contributed by atoms with E-state index in [4.69, 9.17) is 9.72 Å². The minimum atomic E-state index is -0.645. The van der Waals surface area contributed by atoms with Crippen LogP contribution in [0.25, 0.3) is 22.3 Å². The molecule has 1 N–H and O–H groups in total. The lowest BCUT2D eigenvalue weighted by Crippen LogP contribution is -2.46. The lowest BCUT2D eigenvalue weighted by molar-refractivity contribution is -0.137. The number of rotatable bonds is 8. The van der Waals surface area contributed by atoms with Gasteiger partial charge in [0.05, 0.1) is 24.3 Å². The Morgan fingerprint density at radius 2 is 1.68 bits per heavy atom. The van der Waals surface area contributed by atoms with E-state index in [9.17, 15) is 4.79 Å². The minimum Gasteiger partial charge on any atom is -0.376 e. The number of aromatic amines is 1. The number of aromatic nitrogens is 2. The molecule has 0 saturated carbocycles. The molecule has 40 heavy (non-hydrogen) atoms. The molecule has 5 nitrogen and oxygen atoms in total. The molecule has 0 aliphatic carbocycles. The second-order valence-electron chi connectivity index (χ2n) is 12.6. The van der Waals surface area contributed by atoms with E-state index in [1.165, 1.54) is 22.3 Å². The third-order valence-electron chi connectivity index (χ3n) is 9.12. The molecule has 2 fully saturated rings. The van der Waals surface area contributed by atoms with Crippen LogP contribution < -0.4 is 0 Å². The van der Waals surface area contributed by atoms with Crippen molar-refractivity contribution in [3.63, 3.8) is 0 Å². The van der Waals surface area contributed by atoms with Crippen molar-refractivity contribution in [1.29, 1.82) is 0 Å². The molecule has 2 saturated heterocycles. The molecule has 2 bridgehead atoms. The van der Waals surface area contributed by atoms with E-state index in [1.807, 2.05) is 24.4 Å². The largest absolute Gasteiger partial charge is 0.376 e. The van der Waals surface area contributed by atoms with Crippen LogP contribution in [0.15, 0.2) is 60.8 Å². The Bertz CT molecular complexity index is 1500. The molecule has 2 aromatic heterocycles. The first-order valence-corrected chi connectivity index (χ1v) is 14.8. The lowest BCUT2D eigenvalue weighted by atomic mass is 9.83. The van der Waals surface area contributed by atoms with Crippen LogP contribution in [0.4, 0.5) is 0 Å². The van der Waals surface area contributed by atoms with E-state index in [-0.39, 0.29) is 11.8 Å². The number of H-pyrrole nitrogens is 1. The number of hydrogen-bond donors (Lipinski definition) is 1. The number of carbonyl (C=O) groups is 1. The van der Waals surface area contributed by atoms with Crippen LogP contribution in [0, 0.1) is 13.8 Å². The van der Waals surface area contributed by atoms with Crippen LogP contribution in [0.2, 0.25) is 0 Å². The molecular weight excluding hydrogens is 494 g/mol. The van der Waals surface area contributed by atoms with Crippen LogP contribution in [0.5, 0.6) is 0 Å². The van der Waals surface area contributed by atoms with Gasteiger partial charge in [0, 0.05) is 29.6 Å². The van der Waals surface area contributed by atoms with Gasteiger partial charge in [-0.15, -0.1) is 0 Å². The molecule has 1 atom stereocenters. The number of ether oxygens (including phenoxy) is 1. The van der Waals surface area contributed by atoms with Gasteiger partial charge < -0.3 is 14.6 Å². The topological polar surface area (TPSA) is 58.2 Å². The molecule has 2 aliphatic heterocycles. The Balaban J connectivity index is 1.38. The third kappa shape index (κ3) is 4.85. The molecule has 1 amide bonds. The molecule has 2 aliphatic rings. The Hall–Kier alpha value is -3.44. The fourth-order valence-corrected chi connectivity index (χ4v) is 6.99. The van der Waals surface area contributed by atoms with E-state index < -0.39 is 5.41 Å². The fraction of sp³-hybridized carbons (Fsp3) is 0.429. The normalized spacial score (nSPS) is 19.5. The van der Waals surface area contributed by atoms with E-state index in [2.05, 4.69) is 80.9 Å². The summed E-state index contributed by atoms with van der Waals surface area (Å²) in [6, 6.07) is 20.0. The maximum atomic E-state index is 13.9. The molecular formula is C35H41N3O2. The fourth-order valence-electron chi connectivity index (χ4n) is 6.99. The van der Waals surface area contributed by atoms with Gasteiger partial charge >= 0.3 is 0 Å². The molecule has 0 unspecified atom stereocenters. The molecule has 4 heterocycles. The number of pyridine rings is 1. The molecule has 0 radical (unpaired) electrons. The molecule has 6 rings (SSSR count). The van der Waals surface area contributed by atoms with Crippen LogP contribution >= 0.6 is 0 Å². The molecule has 0 spiro atoms. The van der Waals surface area contributed by atoms with Crippen LogP contribution in [-0.2, 0) is 21.6 Å². The summed E-state index contributed by atoms with van der Waals surface area (Å²) >= 11 is 0. The predicted molar refractivity (Wildman–Crippen MR) is 161 cm³/mol. The van der Waals surface area contributed by atoms with Crippen LogP contribution in [0.1, 0.15) is 80.2 Å². The van der Waals surface area contributed by atoms with Crippen LogP contribution in [0.3, 0.4) is 0 Å². The van der Waals surface area contributed by atoms with Crippen molar-refractivity contribution in [2.24, 2.45) is 0 Å². The number of carbonyl (C=O) groups excluding carboxylic acids is 1. The first kappa shape index (κ1) is 26.8. The number of nitrogens with zero attached hydrogens (tertiary/aromatic N) is 2. The second kappa shape index (κ2) is 10.5. The van der Waals surface area contributed by atoms with Gasteiger partial charge in [0.25, 0.3) is 0 Å². The van der Waals surface area contributed by atoms with Crippen molar-refractivity contribution >= 4 is 16.9 Å². The third-order valence-corrected chi connectivity index (χ3v) is 9.12. The summed E-state index contributed by atoms with van der Waals surface area (Å²) in [4.78, 5) is 24.7. The highest BCUT2D eigenvalue weighted by molar-refractivity contribution is 5.93. The Morgan fingerprint density at radius 3 is 2.33 bits per heavy atom. The van der Waals surface area contributed by atoms with Crippen LogP contribution in [-0.4, -0.2) is 39.5 Å². The van der Waals surface area contributed by atoms with Gasteiger partial charge in [0.15, 0.2) is 0 Å². The number of nitrogens with one attached hydrogen (secondary N) is 1. The number of benzene rings is 2. The first-order valence-electron chi connectivity index (χ1n) is 14.8. The summed E-state index contributed by atoms with van der Waals surface area (Å²) in [6.07, 6.45) is 6.48. The number of fused-ring (bicyclic) bond motifs is 3. The van der Waals surface area contributed by atoms with Crippen molar-refractivity contribution in [2.45, 2.75) is 90.3 Å². The predicted octanol–water partition coefficient (Wildman–Crippen LogP) is 7.60. The van der Waals surface area contributed by atoms with Gasteiger partial charge in [0.2, 0.25) is 5.91 Å². The highest BCUT2D eigenvalue weighted by atomic mass is 16.5. The minimum absolute atomic E-state index is 0.124. The summed E-state index contributed by atoms with van der Waals surface area (Å²) < 4.78 is 6.23. The zero-order chi connectivity index (χ0) is 28.0. The summed E-state index contributed by atoms with van der Waals surface area (Å²) in [5, 5.41) is 1.08. The summed E-state index contributed by atoms with van der Waals surface area (Å²) in [7, 11) is 0. The highest BCUT2D eigenvalue weighted by Gasteiger charge is 2.47. The average Bonchev–Trinajstić information content (AvgIpc) is 3.65. The monoisotopic (exact) mass is 535 g/mol.